The minimum absolute atomic E-state index is 0.0159. The number of halogens is 1. The van der Waals surface area contributed by atoms with Gasteiger partial charge in [0, 0.05) is 24.9 Å². The predicted octanol–water partition coefficient (Wildman–Crippen LogP) is 0.762. The molecule has 0 spiro atoms. The van der Waals surface area contributed by atoms with Crippen molar-refractivity contribution in [2.45, 2.75) is 36.4 Å². The lowest BCUT2D eigenvalue weighted by Crippen LogP contribution is -2.41. The summed E-state index contributed by atoms with van der Waals surface area (Å²) in [5.41, 5.74) is -1.47. The van der Waals surface area contributed by atoms with E-state index < -0.39 is 33.5 Å². The van der Waals surface area contributed by atoms with Gasteiger partial charge in [-0.3, -0.25) is 18.6 Å². The van der Waals surface area contributed by atoms with Crippen LogP contribution in [0.2, 0.25) is 0 Å². The number of aryl methyl sites for hydroxylation is 1. The predicted molar refractivity (Wildman–Crippen MR) is 119 cm³/mol. The summed E-state index contributed by atoms with van der Waals surface area (Å²) in [6.07, 6.45) is 5.46. The van der Waals surface area contributed by atoms with Crippen molar-refractivity contribution < 1.29 is 17.3 Å². The Morgan fingerprint density at radius 2 is 1.97 bits per heavy atom. The Labute approximate surface area is 192 Å². The molecule has 1 saturated carbocycles. The van der Waals surface area contributed by atoms with Gasteiger partial charge in [0.15, 0.2) is 5.76 Å². The Balaban J connectivity index is 1.68. The number of sulfonamides is 1. The summed E-state index contributed by atoms with van der Waals surface area (Å²) in [6.45, 7) is -0.884. The van der Waals surface area contributed by atoms with Gasteiger partial charge in [0.2, 0.25) is 10.0 Å². The van der Waals surface area contributed by atoms with Gasteiger partial charge in [-0.25, -0.2) is 22.3 Å². The van der Waals surface area contributed by atoms with Crippen LogP contribution in [0.4, 0.5) is 4.39 Å². The molecular weight excluding hydrogens is 467 g/mol. The maximum absolute atomic E-state index is 13.4. The largest absolute Gasteiger partial charge is 0.359 e. The molecule has 4 aromatic rings. The second kappa shape index (κ2) is 8.02. The van der Waals surface area contributed by atoms with Crippen molar-refractivity contribution in [1.82, 2.24) is 28.8 Å². The Hall–Kier alpha value is -3.58. The molecule has 0 saturated heterocycles. The summed E-state index contributed by atoms with van der Waals surface area (Å²) in [7, 11) is -2.37. The SMILES string of the molecule is Cn1cc(Cn2c(=O)c3cc(S(=O)(=O)NC4(CF)CC4)ccc3n(Cc3ccno3)c2=O)cn1. The number of benzene rings is 1. The summed E-state index contributed by atoms with van der Waals surface area (Å²) < 4.78 is 50.5. The third-order valence-electron chi connectivity index (χ3n) is 5.87. The summed E-state index contributed by atoms with van der Waals surface area (Å²) in [5, 5.41) is 7.73. The van der Waals surface area contributed by atoms with Crippen molar-refractivity contribution in [3.05, 3.63) is 75.0 Å². The molecule has 1 aromatic carbocycles. The zero-order valence-electron chi connectivity index (χ0n) is 18.1. The molecule has 0 bridgehead atoms. The van der Waals surface area contributed by atoms with Gasteiger partial charge in [-0.05, 0) is 31.0 Å². The molecule has 0 unspecified atom stereocenters. The fourth-order valence-corrected chi connectivity index (χ4v) is 5.30. The second-order valence-corrected chi connectivity index (χ2v) is 10.1. The average molecular weight is 489 g/mol. The van der Waals surface area contributed by atoms with Gasteiger partial charge in [0.25, 0.3) is 5.56 Å². The maximum Gasteiger partial charge on any atom is 0.332 e. The zero-order valence-corrected chi connectivity index (χ0v) is 19.0. The van der Waals surface area contributed by atoms with Crippen LogP contribution in [-0.4, -0.2) is 44.7 Å². The number of fused-ring (bicyclic) bond motifs is 1. The topological polar surface area (TPSA) is 134 Å². The van der Waals surface area contributed by atoms with Crippen molar-refractivity contribution in [2.24, 2.45) is 7.05 Å². The quantitative estimate of drug-likeness (QED) is 0.387. The van der Waals surface area contributed by atoms with E-state index in [4.69, 9.17) is 4.52 Å². The van der Waals surface area contributed by atoms with Gasteiger partial charge in [-0.15, -0.1) is 0 Å². The molecule has 1 fully saturated rings. The highest BCUT2D eigenvalue weighted by atomic mass is 32.2. The van der Waals surface area contributed by atoms with E-state index in [9.17, 15) is 22.4 Å². The van der Waals surface area contributed by atoms with Crippen molar-refractivity contribution >= 4 is 20.9 Å². The summed E-state index contributed by atoms with van der Waals surface area (Å²) >= 11 is 0. The Morgan fingerprint density at radius 3 is 2.59 bits per heavy atom. The molecule has 11 nitrogen and oxygen atoms in total. The standard InChI is InChI=1S/C21H21FN6O5S/c1-26-10-14(9-23-26)11-28-19(29)17-8-16(34(31,32)25-21(13-22)5-6-21)2-3-18(17)27(20(28)30)12-15-4-7-24-33-15/h2-4,7-10,25H,5-6,11-13H2,1H3. The van der Waals surface area contributed by atoms with Gasteiger partial charge < -0.3 is 4.52 Å². The van der Waals surface area contributed by atoms with E-state index in [1.807, 2.05) is 0 Å². The number of hydrogen-bond acceptors (Lipinski definition) is 7. The number of rotatable bonds is 8. The molecule has 178 valence electrons. The molecule has 5 rings (SSSR count). The number of nitrogens with one attached hydrogen (secondary N) is 1. The van der Waals surface area contributed by atoms with E-state index in [1.165, 1.54) is 35.2 Å². The Bertz CT molecular complexity index is 1600. The van der Waals surface area contributed by atoms with Crippen LogP contribution in [-0.2, 0) is 30.2 Å². The molecule has 3 aromatic heterocycles. The van der Waals surface area contributed by atoms with E-state index >= 15 is 0 Å². The molecule has 13 heteroatoms. The monoisotopic (exact) mass is 488 g/mol. The third-order valence-corrected chi connectivity index (χ3v) is 7.45. The average Bonchev–Trinajstić information content (AvgIpc) is 3.17. The van der Waals surface area contributed by atoms with E-state index in [-0.39, 0.29) is 28.9 Å². The molecule has 34 heavy (non-hydrogen) atoms. The Morgan fingerprint density at radius 1 is 1.18 bits per heavy atom. The molecule has 1 N–H and O–H groups in total. The smallest absolute Gasteiger partial charge is 0.332 e. The van der Waals surface area contributed by atoms with E-state index in [2.05, 4.69) is 15.0 Å². The van der Waals surface area contributed by atoms with Gasteiger partial charge in [-0.1, -0.05) is 5.16 Å². The van der Waals surface area contributed by atoms with Gasteiger partial charge >= 0.3 is 5.69 Å². The molecule has 0 amide bonds. The van der Waals surface area contributed by atoms with Gasteiger partial charge in [0.05, 0.1) is 46.8 Å². The number of aromatic nitrogens is 5. The number of alkyl halides is 1. The van der Waals surface area contributed by atoms with Crippen LogP contribution in [0.5, 0.6) is 0 Å². The van der Waals surface area contributed by atoms with Crippen LogP contribution in [0, 0.1) is 0 Å². The van der Waals surface area contributed by atoms with Gasteiger partial charge in [0.1, 0.15) is 6.67 Å². The first-order valence-corrected chi connectivity index (χ1v) is 11.9. The highest BCUT2D eigenvalue weighted by Gasteiger charge is 2.46. The lowest BCUT2D eigenvalue weighted by atomic mass is 10.2. The maximum atomic E-state index is 13.4. The summed E-state index contributed by atoms with van der Waals surface area (Å²) in [6, 6.07) is 5.49. The highest BCUT2D eigenvalue weighted by Crippen LogP contribution is 2.37. The van der Waals surface area contributed by atoms with Crippen LogP contribution in [0.1, 0.15) is 24.2 Å². The lowest BCUT2D eigenvalue weighted by Gasteiger charge is -2.16. The summed E-state index contributed by atoms with van der Waals surface area (Å²) in [4.78, 5) is 26.5. The molecule has 1 aliphatic rings. The van der Waals surface area contributed by atoms with Crippen LogP contribution in [0.25, 0.3) is 10.9 Å². The molecule has 3 heterocycles. The van der Waals surface area contributed by atoms with Crippen LogP contribution in [0.15, 0.2) is 61.9 Å². The van der Waals surface area contributed by atoms with E-state index in [1.54, 1.807) is 24.0 Å². The molecule has 1 aliphatic carbocycles. The normalized spacial score (nSPS) is 15.1. The zero-order chi connectivity index (χ0) is 24.1. The lowest BCUT2D eigenvalue weighted by molar-refractivity contribution is 0.374. The summed E-state index contributed by atoms with van der Waals surface area (Å²) in [5.74, 6) is 0.381. The fraction of sp³-hybridized carbons (Fsp3) is 0.333. The first kappa shape index (κ1) is 22.2. The van der Waals surface area contributed by atoms with Gasteiger partial charge in [-0.2, -0.15) is 5.10 Å². The molecule has 0 atom stereocenters. The van der Waals surface area contributed by atoms with Crippen molar-refractivity contribution in [3.8, 4) is 0 Å². The van der Waals surface area contributed by atoms with E-state index in [0.29, 0.717) is 24.2 Å². The van der Waals surface area contributed by atoms with Crippen LogP contribution < -0.4 is 16.0 Å². The fourth-order valence-electron chi connectivity index (χ4n) is 3.84. The third kappa shape index (κ3) is 3.96. The molecule has 0 aliphatic heterocycles. The first-order valence-electron chi connectivity index (χ1n) is 10.5. The highest BCUT2D eigenvalue weighted by molar-refractivity contribution is 7.89. The molecular formula is C21H21FN6O5S. The second-order valence-electron chi connectivity index (χ2n) is 8.46. The number of hydrogen-bond donors (Lipinski definition) is 1. The van der Waals surface area contributed by atoms with E-state index in [0.717, 1.165) is 4.57 Å². The first-order chi connectivity index (χ1) is 16.2. The van der Waals surface area contributed by atoms with Crippen LogP contribution >= 0.6 is 0 Å². The van der Waals surface area contributed by atoms with Crippen molar-refractivity contribution in [3.63, 3.8) is 0 Å². The van der Waals surface area contributed by atoms with Crippen molar-refractivity contribution in [2.75, 3.05) is 6.67 Å². The van der Waals surface area contributed by atoms with Crippen LogP contribution in [0.3, 0.4) is 0 Å². The number of nitrogens with zero attached hydrogens (tertiary/aromatic N) is 5. The Kier molecular flexibility index (Phi) is 5.24. The minimum Gasteiger partial charge on any atom is -0.359 e. The minimum atomic E-state index is -4.08. The molecule has 0 radical (unpaired) electrons. The van der Waals surface area contributed by atoms with Crippen molar-refractivity contribution in [1.29, 1.82) is 0 Å².